The monoisotopic (exact) mass is 432 g/mol. The zero-order valence-electron chi connectivity index (χ0n) is 16.4. The molecule has 2 unspecified atom stereocenters. The average molecular weight is 432 g/mol. The highest BCUT2D eigenvalue weighted by atomic mass is 32.2. The van der Waals surface area contributed by atoms with Crippen LogP contribution in [0.5, 0.6) is 11.5 Å². The fourth-order valence-corrected chi connectivity index (χ4v) is 5.87. The van der Waals surface area contributed by atoms with E-state index in [1.807, 2.05) is 0 Å². The number of carbonyl (C=O) groups is 1. The minimum atomic E-state index is -3.79. The standard InChI is InChI=1S/C21H21FN2O5S/c1-13-2-4-15(9-17(13)22)30(26,27)24-7-6-21(11-24)10-16(21)20(25)23-14-3-5-18-19(8-14)29-12-28-18/h2-5,8-9,16H,6-7,10-12H2,1H3,(H,23,25). The molecule has 2 aromatic rings. The van der Waals surface area contributed by atoms with Crippen molar-refractivity contribution in [3.8, 4) is 11.5 Å². The summed E-state index contributed by atoms with van der Waals surface area (Å²) in [6.07, 6.45) is 1.25. The smallest absolute Gasteiger partial charge is 0.243 e. The van der Waals surface area contributed by atoms with E-state index in [1.165, 1.54) is 16.4 Å². The van der Waals surface area contributed by atoms with Crippen LogP contribution in [0.2, 0.25) is 0 Å². The lowest BCUT2D eigenvalue weighted by Gasteiger charge is -2.17. The maximum absolute atomic E-state index is 13.9. The van der Waals surface area contributed by atoms with Gasteiger partial charge in [0, 0.05) is 30.8 Å². The third kappa shape index (κ3) is 3.13. The molecule has 1 saturated carbocycles. The summed E-state index contributed by atoms with van der Waals surface area (Å²) < 4.78 is 51.7. The van der Waals surface area contributed by atoms with Gasteiger partial charge >= 0.3 is 0 Å². The van der Waals surface area contributed by atoms with Crippen LogP contribution in [0.1, 0.15) is 18.4 Å². The molecular weight excluding hydrogens is 411 g/mol. The SMILES string of the molecule is Cc1ccc(S(=O)(=O)N2CCC3(CC3C(=O)Nc3ccc4c(c3)OCO4)C2)cc1F. The molecule has 2 fully saturated rings. The number of hydrogen-bond donors (Lipinski definition) is 1. The molecule has 1 N–H and O–H groups in total. The number of ether oxygens (including phenoxy) is 2. The van der Waals surface area contributed by atoms with Gasteiger partial charge in [0.15, 0.2) is 11.5 Å². The van der Waals surface area contributed by atoms with Gasteiger partial charge in [0.25, 0.3) is 0 Å². The van der Waals surface area contributed by atoms with Gasteiger partial charge in [0.1, 0.15) is 5.82 Å². The van der Waals surface area contributed by atoms with Crippen LogP contribution in [-0.4, -0.2) is 38.5 Å². The highest BCUT2D eigenvalue weighted by Gasteiger charge is 2.62. The molecule has 1 aliphatic carbocycles. The molecule has 0 bridgehead atoms. The third-order valence-corrected chi connectivity index (χ3v) is 8.12. The van der Waals surface area contributed by atoms with Gasteiger partial charge in [0.2, 0.25) is 22.7 Å². The second-order valence-electron chi connectivity index (χ2n) is 8.18. The number of sulfonamides is 1. The number of halogens is 1. The molecule has 0 radical (unpaired) electrons. The third-order valence-electron chi connectivity index (χ3n) is 6.28. The second kappa shape index (κ2) is 6.68. The van der Waals surface area contributed by atoms with E-state index in [9.17, 15) is 17.6 Å². The fraction of sp³-hybridized carbons (Fsp3) is 0.381. The molecule has 1 amide bonds. The Bertz CT molecular complexity index is 1150. The number of amides is 1. The molecule has 1 saturated heterocycles. The van der Waals surface area contributed by atoms with E-state index in [0.29, 0.717) is 42.1 Å². The van der Waals surface area contributed by atoms with Crippen LogP contribution < -0.4 is 14.8 Å². The minimum absolute atomic E-state index is 0.0512. The Morgan fingerprint density at radius 1 is 1.20 bits per heavy atom. The number of benzene rings is 2. The van der Waals surface area contributed by atoms with Gasteiger partial charge in [-0.25, -0.2) is 12.8 Å². The first-order valence-corrected chi connectivity index (χ1v) is 11.2. The van der Waals surface area contributed by atoms with Gasteiger partial charge in [-0.3, -0.25) is 4.79 Å². The van der Waals surface area contributed by atoms with E-state index in [1.54, 1.807) is 25.1 Å². The Labute approximate surface area is 173 Å². The second-order valence-corrected chi connectivity index (χ2v) is 10.1. The maximum Gasteiger partial charge on any atom is 0.243 e. The van der Waals surface area contributed by atoms with Crippen molar-refractivity contribution >= 4 is 21.6 Å². The number of carbonyl (C=O) groups excluding carboxylic acids is 1. The van der Waals surface area contributed by atoms with Crippen molar-refractivity contribution in [2.75, 3.05) is 25.2 Å². The molecule has 2 aromatic carbocycles. The molecule has 1 spiro atoms. The summed E-state index contributed by atoms with van der Waals surface area (Å²) in [5, 5.41) is 2.89. The summed E-state index contributed by atoms with van der Waals surface area (Å²) in [5.41, 5.74) is 0.662. The number of nitrogens with zero attached hydrogens (tertiary/aromatic N) is 1. The van der Waals surface area contributed by atoms with Crippen LogP contribution in [0.15, 0.2) is 41.3 Å². The number of hydrogen-bond acceptors (Lipinski definition) is 5. The fourth-order valence-electron chi connectivity index (χ4n) is 4.32. The number of nitrogens with one attached hydrogen (secondary N) is 1. The van der Waals surface area contributed by atoms with Crippen LogP contribution in [-0.2, 0) is 14.8 Å². The lowest BCUT2D eigenvalue weighted by atomic mass is 10.0. The quantitative estimate of drug-likeness (QED) is 0.803. The number of aryl methyl sites for hydroxylation is 1. The molecule has 2 aliphatic heterocycles. The van der Waals surface area contributed by atoms with Crippen molar-refractivity contribution in [2.24, 2.45) is 11.3 Å². The van der Waals surface area contributed by atoms with E-state index < -0.39 is 15.8 Å². The number of anilines is 1. The molecular formula is C21H21FN2O5S. The molecule has 7 nitrogen and oxygen atoms in total. The Hall–Kier alpha value is -2.65. The zero-order valence-corrected chi connectivity index (χ0v) is 17.2. The maximum atomic E-state index is 13.9. The highest BCUT2D eigenvalue weighted by Crippen LogP contribution is 2.59. The summed E-state index contributed by atoms with van der Waals surface area (Å²) in [6.45, 7) is 2.34. The lowest BCUT2D eigenvalue weighted by molar-refractivity contribution is -0.118. The van der Waals surface area contributed by atoms with E-state index >= 15 is 0 Å². The van der Waals surface area contributed by atoms with E-state index in [0.717, 1.165) is 6.07 Å². The predicted octanol–water partition coefficient (Wildman–Crippen LogP) is 2.90. The summed E-state index contributed by atoms with van der Waals surface area (Å²) in [5.74, 6) is 0.298. The van der Waals surface area contributed by atoms with Crippen molar-refractivity contribution in [1.29, 1.82) is 0 Å². The minimum Gasteiger partial charge on any atom is -0.454 e. The van der Waals surface area contributed by atoms with Crippen LogP contribution in [0.4, 0.5) is 10.1 Å². The zero-order chi connectivity index (χ0) is 21.1. The van der Waals surface area contributed by atoms with Crippen molar-refractivity contribution in [1.82, 2.24) is 4.31 Å². The van der Waals surface area contributed by atoms with Gasteiger partial charge in [-0.05, 0) is 55.0 Å². The molecule has 158 valence electrons. The Kier molecular flexibility index (Phi) is 4.30. The van der Waals surface area contributed by atoms with Crippen LogP contribution >= 0.6 is 0 Å². The molecule has 2 heterocycles. The van der Waals surface area contributed by atoms with Gasteiger partial charge in [-0.15, -0.1) is 0 Å². The van der Waals surface area contributed by atoms with Crippen LogP contribution in [0, 0.1) is 24.1 Å². The molecule has 2 atom stereocenters. The molecule has 3 aliphatic rings. The van der Waals surface area contributed by atoms with Gasteiger partial charge < -0.3 is 14.8 Å². The summed E-state index contributed by atoms with van der Waals surface area (Å²) in [6, 6.07) is 9.16. The molecule has 5 rings (SSSR count). The van der Waals surface area contributed by atoms with Crippen LogP contribution in [0.25, 0.3) is 0 Å². The summed E-state index contributed by atoms with van der Waals surface area (Å²) in [7, 11) is -3.79. The number of fused-ring (bicyclic) bond motifs is 1. The van der Waals surface area contributed by atoms with Crippen molar-refractivity contribution < 1.29 is 27.1 Å². The van der Waals surface area contributed by atoms with Crippen molar-refractivity contribution in [3.05, 3.63) is 47.8 Å². The van der Waals surface area contributed by atoms with Gasteiger partial charge in [0.05, 0.1) is 4.90 Å². The first kappa shape index (κ1) is 19.3. The van der Waals surface area contributed by atoms with Gasteiger partial charge in [-0.1, -0.05) is 6.07 Å². The Morgan fingerprint density at radius 2 is 2.00 bits per heavy atom. The average Bonchev–Trinajstić information content (AvgIpc) is 3.02. The molecule has 0 aromatic heterocycles. The largest absolute Gasteiger partial charge is 0.454 e. The molecule has 9 heteroatoms. The number of rotatable bonds is 4. The first-order chi connectivity index (χ1) is 14.3. The Balaban J connectivity index is 1.27. The van der Waals surface area contributed by atoms with Crippen LogP contribution in [0.3, 0.4) is 0 Å². The normalized spacial score (nSPS) is 24.9. The van der Waals surface area contributed by atoms with Crippen molar-refractivity contribution in [2.45, 2.75) is 24.7 Å². The Morgan fingerprint density at radius 3 is 2.80 bits per heavy atom. The molecule has 30 heavy (non-hydrogen) atoms. The van der Waals surface area contributed by atoms with Gasteiger partial charge in [-0.2, -0.15) is 4.31 Å². The summed E-state index contributed by atoms with van der Waals surface area (Å²) in [4.78, 5) is 12.7. The predicted molar refractivity (Wildman–Crippen MR) is 106 cm³/mol. The van der Waals surface area contributed by atoms with E-state index in [4.69, 9.17) is 9.47 Å². The van der Waals surface area contributed by atoms with E-state index in [2.05, 4.69) is 5.32 Å². The summed E-state index contributed by atoms with van der Waals surface area (Å²) >= 11 is 0. The first-order valence-electron chi connectivity index (χ1n) is 9.75. The lowest BCUT2D eigenvalue weighted by Crippen LogP contribution is -2.30. The topological polar surface area (TPSA) is 84.9 Å². The van der Waals surface area contributed by atoms with Crippen molar-refractivity contribution in [3.63, 3.8) is 0 Å². The highest BCUT2D eigenvalue weighted by molar-refractivity contribution is 7.89. The van der Waals surface area contributed by atoms with E-state index in [-0.39, 0.29) is 35.5 Å².